The summed E-state index contributed by atoms with van der Waals surface area (Å²) in [7, 11) is 0. The summed E-state index contributed by atoms with van der Waals surface area (Å²) in [6.45, 7) is 11.9. The first-order valence-electron chi connectivity index (χ1n) is 11.1. The molecule has 0 amide bonds. The minimum absolute atomic E-state index is 0. The highest BCUT2D eigenvalue weighted by Gasteiger charge is 2.31. The monoisotopic (exact) mass is 411 g/mol. The van der Waals surface area contributed by atoms with Crippen LogP contribution in [0, 0.1) is 7.43 Å². The van der Waals surface area contributed by atoms with Crippen molar-refractivity contribution in [1.82, 2.24) is 4.90 Å². The summed E-state index contributed by atoms with van der Waals surface area (Å²) in [5.74, 6) is 0. The molecule has 3 rings (SSSR count). The number of benzene rings is 2. The van der Waals surface area contributed by atoms with Crippen molar-refractivity contribution in [2.24, 2.45) is 0 Å². The summed E-state index contributed by atoms with van der Waals surface area (Å²) >= 11 is 0. The Bertz CT molecular complexity index is 718. The van der Waals surface area contributed by atoms with E-state index in [4.69, 9.17) is 11.5 Å². The highest BCUT2D eigenvalue weighted by molar-refractivity contribution is 5.51. The number of hydrogen-bond donors (Lipinski definition) is 3. The number of rotatable bonds is 10. The van der Waals surface area contributed by atoms with Crippen LogP contribution in [0.25, 0.3) is 0 Å². The molecule has 1 fully saturated rings. The third kappa shape index (κ3) is 7.22. The van der Waals surface area contributed by atoms with Crippen LogP contribution in [0.2, 0.25) is 0 Å². The van der Waals surface area contributed by atoms with Crippen molar-refractivity contribution in [3.8, 4) is 0 Å². The van der Waals surface area contributed by atoms with Gasteiger partial charge >= 0.3 is 0 Å². The van der Waals surface area contributed by atoms with Crippen LogP contribution in [-0.4, -0.2) is 61.7 Å². The first-order chi connectivity index (χ1) is 14.1. The highest BCUT2D eigenvalue weighted by atomic mass is 15.4. The highest BCUT2D eigenvalue weighted by Crippen LogP contribution is 2.17. The fourth-order valence-corrected chi connectivity index (χ4v) is 4.45. The zero-order valence-corrected chi connectivity index (χ0v) is 18.9. The van der Waals surface area contributed by atoms with Gasteiger partial charge in [0, 0.05) is 49.7 Å². The smallest absolute Gasteiger partial charge is 0.0916 e. The molecule has 0 saturated carbocycles. The lowest BCUT2D eigenvalue weighted by Gasteiger charge is -2.45. The van der Waals surface area contributed by atoms with Gasteiger partial charge in [0.2, 0.25) is 0 Å². The molecule has 1 aliphatic heterocycles. The Hall–Kier alpha value is -2.24. The minimum Gasteiger partial charge on any atom is -0.399 e. The van der Waals surface area contributed by atoms with E-state index in [1.807, 2.05) is 24.3 Å². The lowest BCUT2D eigenvalue weighted by molar-refractivity contribution is -0.932. The van der Waals surface area contributed by atoms with Gasteiger partial charge in [-0.1, -0.05) is 19.1 Å². The van der Waals surface area contributed by atoms with Gasteiger partial charge in [-0.3, -0.25) is 4.90 Å². The van der Waals surface area contributed by atoms with Crippen LogP contribution in [0.5, 0.6) is 0 Å². The maximum atomic E-state index is 5.80. The predicted molar refractivity (Wildman–Crippen MR) is 131 cm³/mol. The molecular formula is C25H41N5. The quantitative estimate of drug-likeness (QED) is 0.315. The summed E-state index contributed by atoms with van der Waals surface area (Å²) in [5.41, 5.74) is 15.8. The number of aryl methyl sites for hydroxylation is 1. The van der Waals surface area contributed by atoms with Crippen LogP contribution < -0.4 is 16.8 Å². The van der Waals surface area contributed by atoms with E-state index in [1.165, 1.54) is 62.2 Å². The van der Waals surface area contributed by atoms with E-state index >= 15 is 0 Å². The Labute approximate surface area is 183 Å². The first-order valence-corrected chi connectivity index (χ1v) is 11.1. The second-order valence-electron chi connectivity index (χ2n) is 8.47. The van der Waals surface area contributed by atoms with Crippen molar-refractivity contribution < 1.29 is 4.48 Å². The number of hydrogen-bond acceptors (Lipinski definition) is 4. The Balaban J connectivity index is 0.00000320. The minimum atomic E-state index is 0. The molecule has 30 heavy (non-hydrogen) atoms. The van der Waals surface area contributed by atoms with Crippen molar-refractivity contribution in [3.05, 3.63) is 61.5 Å². The number of anilines is 3. The molecular weight excluding hydrogens is 370 g/mol. The van der Waals surface area contributed by atoms with E-state index in [-0.39, 0.29) is 7.43 Å². The van der Waals surface area contributed by atoms with Gasteiger partial charge in [-0.15, -0.1) is 0 Å². The Morgan fingerprint density at radius 2 is 1.50 bits per heavy atom. The van der Waals surface area contributed by atoms with Gasteiger partial charge in [0.25, 0.3) is 0 Å². The summed E-state index contributed by atoms with van der Waals surface area (Å²) in [4.78, 5) is 2.61. The zero-order chi connectivity index (χ0) is 20.5. The van der Waals surface area contributed by atoms with E-state index in [9.17, 15) is 0 Å². The largest absolute Gasteiger partial charge is 0.399 e. The van der Waals surface area contributed by atoms with Crippen LogP contribution in [0.1, 0.15) is 25.3 Å². The third-order valence-electron chi connectivity index (χ3n) is 6.22. The maximum absolute atomic E-state index is 5.80. The van der Waals surface area contributed by atoms with Crippen molar-refractivity contribution in [1.29, 1.82) is 0 Å². The molecule has 0 unspecified atom stereocenters. The Morgan fingerprint density at radius 3 is 2.10 bits per heavy atom. The molecule has 0 aromatic heterocycles. The molecule has 5 N–H and O–H groups in total. The molecule has 2 aromatic rings. The molecule has 1 saturated heterocycles. The first kappa shape index (κ1) is 24.0. The molecule has 5 heteroatoms. The Morgan fingerprint density at radius 1 is 0.900 bits per heavy atom. The van der Waals surface area contributed by atoms with E-state index in [0.717, 1.165) is 36.6 Å². The summed E-state index contributed by atoms with van der Waals surface area (Å²) in [5, 5.41) is 3.51. The second-order valence-corrected chi connectivity index (χ2v) is 8.47. The number of piperazine rings is 1. The van der Waals surface area contributed by atoms with Gasteiger partial charge < -0.3 is 28.7 Å². The zero-order valence-electron chi connectivity index (χ0n) is 18.9. The lowest BCUT2D eigenvalue weighted by Crippen LogP contribution is -2.60. The topological polar surface area (TPSA) is 67.3 Å². The number of nitrogens with zero attached hydrogens (tertiary/aromatic N) is 2. The Kier molecular flexibility index (Phi) is 9.47. The number of quaternary nitrogens is 1. The molecule has 5 nitrogen and oxygen atoms in total. The maximum Gasteiger partial charge on any atom is 0.0916 e. The molecule has 1 heterocycles. The SMILES string of the molecule is CCC[N+]1(CCCc2ccc(N)cc2)CCN(CCNc2ccc(N)cc2)CC1.[CH3-]. The van der Waals surface area contributed by atoms with Gasteiger partial charge in [0.1, 0.15) is 0 Å². The number of nitrogens with two attached hydrogens (primary N) is 2. The third-order valence-corrected chi connectivity index (χ3v) is 6.22. The van der Waals surface area contributed by atoms with E-state index in [0.29, 0.717) is 0 Å². The standard InChI is InChI=1S/C24H38N5.CH3/c1-2-17-29(18-3-4-21-5-7-22(25)8-6-21)19-15-28(16-20-29)14-13-27-24-11-9-23(26)10-12-24;/h5-12,27H,2-4,13-20,25-26H2,1H3;1H3/q+1;-1. The van der Waals surface area contributed by atoms with Crippen molar-refractivity contribution in [2.45, 2.75) is 26.2 Å². The van der Waals surface area contributed by atoms with Gasteiger partial charge in [-0.25, -0.2) is 0 Å². The van der Waals surface area contributed by atoms with Gasteiger partial charge in [0.05, 0.1) is 26.2 Å². The van der Waals surface area contributed by atoms with Crippen LogP contribution >= 0.6 is 0 Å². The summed E-state index contributed by atoms with van der Waals surface area (Å²) < 4.78 is 1.29. The molecule has 0 atom stereocenters. The average molecular weight is 412 g/mol. The van der Waals surface area contributed by atoms with E-state index in [1.54, 1.807) is 0 Å². The fourth-order valence-electron chi connectivity index (χ4n) is 4.45. The van der Waals surface area contributed by atoms with Crippen LogP contribution in [-0.2, 0) is 6.42 Å². The molecule has 2 aromatic carbocycles. The summed E-state index contributed by atoms with van der Waals surface area (Å²) in [6, 6.07) is 16.4. The average Bonchev–Trinajstić information content (AvgIpc) is 2.73. The molecule has 0 bridgehead atoms. The predicted octanol–water partition coefficient (Wildman–Crippen LogP) is 3.89. The molecule has 166 valence electrons. The second kappa shape index (κ2) is 11.8. The van der Waals surface area contributed by atoms with Gasteiger partial charge in [-0.05, 0) is 54.8 Å². The number of nitrogens with one attached hydrogen (secondary N) is 1. The van der Waals surface area contributed by atoms with Crippen molar-refractivity contribution in [3.63, 3.8) is 0 Å². The molecule has 1 aliphatic rings. The summed E-state index contributed by atoms with van der Waals surface area (Å²) in [6.07, 6.45) is 3.67. The van der Waals surface area contributed by atoms with Crippen LogP contribution in [0.15, 0.2) is 48.5 Å². The van der Waals surface area contributed by atoms with Crippen LogP contribution in [0.4, 0.5) is 17.1 Å². The van der Waals surface area contributed by atoms with Crippen LogP contribution in [0.3, 0.4) is 0 Å². The van der Waals surface area contributed by atoms with Crippen molar-refractivity contribution in [2.75, 3.05) is 69.1 Å². The molecule has 0 radical (unpaired) electrons. The number of nitrogen functional groups attached to an aromatic ring is 2. The van der Waals surface area contributed by atoms with E-state index in [2.05, 4.69) is 41.4 Å². The van der Waals surface area contributed by atoms with Crippen molar-refractivity contribution >= 4 is 17.1 Å². The van der Waals surface area contributed by atoms with Gasteiger partial charge in [-0.2, -0.15) is 0 Å². The fraction of sp³-hybridized carbons (Fsp3) is 0.480. The molecule has 0 spiro atoms. The molecule has 0 aliphatic carbocycles. The lowest BCUT2D eigenvalue weighted by atomic mass is 10.1. The van der Waals surface area contributed by atoms with Gasteiger partial charge in [0.15, 0.2) is 0 Å². The normalized spacial score (nSPS) is 16.0. The van der Waals surface area contributed by atoms with E-state index < -0.39 is 0 Å².